The molecule has 4 N–H and O–H groups in total. The van der Waals surface area contributed by atoms with Gasteiger partial charge in [-0.05, 0) is 43.3 Å². The summed E-state index contributed by atoms with van der Waals surface area (Å²) in [6.07, 6.45) is 4.43. The minimum absolute atomic E-state index is 0.110. The number of benzene rings is 1. The summed E-state index contributed by atoms with van der Waals surface area (Å²) in [4.78, 5) is 1.28. The lowest BCUT2D eigenvalue weighted by atomic mass is 9.91. The van der Waals surface area contributed by atoms with Gasteiger partial charge in [0.15, 0.2) is 0 Å². The molecule has 0 aliphatic heterocycles. The number of hydrogen-bond acceptors (Lipinski definition) is 3. The van der Waals surface area contributed by atoms with E-state index in [0.717, 1.165) is 0 Å². The first kappa shape index (κ1) is 11.0. The van der Waals surface area contributed by atoms with Crippen molar-refractivity contribution in [1.29, 1.82) is 0 Å². The average Bonchev–Trinajstić information content (AvgIpc) is 3.09. The SMILES string of the molecule is CSc1ccc(C(N)C2(CN)CC2)cc1. The van der Waals surface area contributed by atoms with E-state index in [2.05, 4.69) is 30.5 Å². The second kappa shape index (κ2) is 4.16. The van der Waals surface area contributed by atoms with E-state index in [1.54, 1.807) is 11.8 Å². The molecule has 0 saturated heterocycles. The van der Waals surface area contributed by atoms with Gasteiger partial charge in [-0.3, -0.25) is 0 Å². The van der Waals surface area contributed by atoms with Crippen LogP contribution in [0.3, 0.4) is 0 Å². The Hall–Kier alpha value is -0.510. The van der Waals surface area contributed by atoms with E-state index in [9.17, 15) is 0 Å². The molecule has 2 nitrogen and oxygen atoms in total. The van der Waals surface area contributed by atoms with Crippen molar-refractivity contribution < 1.29 is 0 Å². The predicted octanol–water partition coefficient (Wildman–Crippen LogP) is 2.15. The van der Waals surface area contributed by atoms with Crippen molar-refractivity contribution in [2.45, 2.75) is 23.8 Å². The molecular weight excluding hydrogens is 204 g/mol. The molecule has 2 rings (SSSR count). The molecule has 0 heterocycles. The van der Waals surface area contributed by atoms with E-state index in [0.29, 0.717) is 6.54 Å². The van der Waals surface area contributed by atoms with E-state index >= 15 is 0 Å². The summed E-state index contributed by atoms with van der Waals surface area (Å²) < 4.78 is 0. The van der Waals surface area contributed by atoms with Gasteiger partial charge in [-0.25, -0.2) is 0 Å². The fourth-order valence-electron chi connectivity index (χ4n) is 1.97. The Bertz CT molecular complexity index is 330. The first-order valence-electron chi connectivity index (χ1n) is 5.31. The largest absolute Gasteiger partial charge is 0.330 e. The molecule has 1 aromatic carbocycles. The van der Waals surface area contributed by atoms with Crippen molar-refractivity contribution in [3.63, 3.8) is 0 Å². The van der Waals surface area contributed by atoms with Gasteiger partial charge in [-0.15, -0.1) is 11.8 Å². The van der Waals surface area contributed by atoms with Crippen molar-refractivity contribution in [2.24, 2.45) is 16.9 Å². The second-order valence-corrected chi connectivity index (χ2v) is 5.20. The van der Waals surface area contributed by atoms with Crippen LogP contribution in [0.25, 0.3) is 0 Å². The highest BCUT2D eigenvalue weighted by Gasteiger charge is 2.46. The molecule has 3 heteroatoms. The van der Waals surface area contributed by atoms with Crippen LogP contribution in [0.5, 0.6) is 0 Å². The van der Waals surface area contributed by atoms with Gasteiger partial charge in [0.1, 0.15) is 0 Å². The topological polar surface area (TPSA) is 52.0 Å². The highest BCUT2D eigenvalue weighted by atomic mass is 32.2. The van der Waals surface area contributed by atoms with Crippen LogP contribution in [0.2, 0.25) is 0 Å². The summed E-state index contributed by atoms with van der Waals surface area (Å²) in [5.74, 6) is 0. The number of nitrogens with two attached hydrogens (primary N) is 2. The maximum absolute atomic E-state index is 6.25. The third-order valence-electron chi connectivity index (χ3n) is 3.43. The quantitative estimate of drug-likeness (QED) is 0.767. The van der Waals surface area contributed by atoms with Crippen molar-refractivity contribution in [3.8, 4) is 0 Å². The molecule has 1 aromatic rings. The summed E-state index contributed by atoms with van der Waals surface area (Å²) in [6.45, 7) is 0.707. The zero-order valence-corrected chi connectivity index (χ0v) is 9.89. The van der Waals surface area contributed by atoms with Gasteiger partial charge >= 0.3 is 0 Å². The standard InChI is InChI=1S/C12H18N2S/c1-15-10-4-2-9(3-5-10)11(14)12(8-13)6-7-12/h2-5,11H,6-8,13-14H2,1H3. The van der Waals surface area contributed by atoms with Crippen LogP contribution in [0, 0.1) is 5.41 Å². The van der Waals surface area contributed by atoms with Gasteiger partial charge in [0, 0.05) is 16.4 Å². The predicted molar refractivity (Wildman–Crippen MR) is 65.9 cm³/mol. The van der Waals surface area contributed by atoms with E-state index in [4.69, 9.17) is 11.5 Å². The maximum atomic E-state index is 6.25. The Morgan fingerprint density at radius 1 is 1.33 bits per heavy atom. The first-order valence-corrected chi connectivity index (χ1v) is 6.54. The van der Waals surface area contributed by atoms with E-state index in [1.165, 1.54) is 23.3 Å². The highest BCUT2D eigenvalue weighted by molar-refractivity contribution is 7.98. The molecule has 82 valence electrons. The Kier molecular flexibility index (Phi) is 3.05. The molecule has 1 saturated carbocycles. The van der Waals surface area contributed by atoms with Gasteiger partial charge in [0.2, 0.25) is 0 Å². The molecule has 1 unspecified atom stereocenters. The molecule has 1 aliphatic carbocycles. The monoisotopic (exact) mass is 222 g/mol. The third kappa shape index (κ3) is 2.05. The molecule has 1 atom stereocenters. The molecule has 1 fully saturated rings. The van der Waals surface area contributed by atoms with E-state index in [1.807, 2.05) is 0 Å². The Balaban J connectivity index is 2.15. The van der Waals surface area contributed by atoms with Crippen molar-refractivity contribution in [3.05, 3.63) is 29.8 Å². The molecule has 0 bridgehead atoms. The fourth-order valence-corrected chi connectivity index (χ4v) is 2.38. The van der Waals surface area contributed by atoms with Gasteiger partial charge in [0.25, 0.3) is 0 Å². The Labute approximate surface area is 95.4 Å². The minimum Gasteiger partial charge on any atom is -0.330 e. The third-order valence-corrected chi connectivity index (χ3v) is 4.18. The molecule has 1 aliphatic rings. The summed E-state index contributed by atoms with van der Waals surface area (Å²) >= 11 is 1.75. The van der Waals surface area contributed by atoms with Crippen LogP contribution in [0.1, 0.15) is 24.4 Å². The van der Waals surface area contributed by atoms with Crippen LogP contribution >= 0.6 is 11.8 Å². The fraction of sp³-hybridized carbons (Fsp3) is 0.500. The van der Waals surface area contributed by atoms with Crippen LogP contribution in [0.15, 0.2) is 29.2 Å². The van der Waals surface area contributed by atoms with Crippen LogP contribution in [-0.2, 0) is 0 Å². The normalized spacial score (nSPS) is 19.9. The molecular formula is C12H18N2S. The van der Waals surface area contributed by atoms with Crippen LogP contribution in [-0.4, -0.2) is 12.8 Å². The van der Waals surface area contributed by atoms with Crippen molar-refractivity contribution in [1.82, 2.24) is 0 Å². The van der Waals surface area contributed by atoms with Crippen molar-refractivity contribution in [2.75, 3.05) is 12.8 Å². The van der Waals surface area contributed by atoms with Gasteiger partial charge in [-0.1, -0.05) is 12.1 Å². The smallest absolute Gasteiger partial charge is 0.0364 e. The lowest BCUT2D eigenvalue weighted by Crippen LogP contribution is -2.29. The zero-order valence-electron chi connectivity index (χ0n) is 9.07. The van der Waals surface area contributed by atoms with E-state index in [-0.39, 0.29) is 11.5 Å². The average molecular weight is 222 g/mol. The number of rotatable bonds is 4. The lowest BCUT2D eigenvalue weighted by molar-refractivity contribution is 0.419. The number of thioether (sulfide) groups is 1. The Morgan fingerprint density at radius 2 is 1.93 bits per heavy atom. The molecule has 0 spiro atoms. The maximum Gasteiger partial charge on any atom is 0.0364 e. The summed E-state index contributed by atoms with van der Waals surface area (Å²) in [6, 6.07) is 8.63. The van der Waals surface area contributed by atoms with Gasteiger partial charge in [0.05, 0.1) is 0 Å². The van der Waals surface area contributed by atoms with Crippen LogP contribution < -0.4 is 11.5 Å². The van der Waals surface area contributed by atoms with Crippen molar-refractivity contribution >= 4 is 11.8 Å². The van der Waals surface area contributed by atoms with E-state index < -0.39 is 0 Å². The molecule has 0 aromatic heterocycles. The van der Waals surface area contributed by atoms with Crippen LogP contribution in [0.4, 0.5) is 0 Å². The summed E-state index contributed by atoms with van der Waals surface area (Å²) in [7, 11) is 0. The lowest BCUT2D eigenvalue weighted by Gasteiger charge is -2.22. The molecule has 15 heavy (non-hydrogen) atoms. The van der Waals surface area contributed by atoms with Gasteiger partial charge < -0.3 is 11.5 Å². The second-order valence-electron chi connectivity index (χ2n) is 4.32. The highest BCUT2D eigenvalue weighted by Crippen LogP contribution is 2.52. The minimum atomic E-state index is 0.110. The first-order chi connectivity index (χ1) is 7.22. The summed E-state index contributed by atoms with van der Waals surface area (Å²) in [5, 5.41) is 0. The van der Waals surface area contributed by atoms with Gasteiger partial charge in [-0.2, -0.15) is 0 Å². The summed E-state index contributed by atoms with van der Waals surface area (Å²) in [5.41, 5.74) is 13.4. The number of hydrogen-bond donors (Lipinski definition) is 2. The Morgan fingerprint density at radius 3 is 2.33 bits per heavy atom. The molecule has 0 amide bonds. The molecule has 0 radical (unpaired) electrons. The zero-order chi connectivity index (χ0) is 10.9.